The Morgan fingerprint density at radius 1 is 1.35 bits per heavy atom. The molecule has 0 amide bonds. The lowest BCUT2D eigenvalue weighted by atomic mass is 10.2. The van der Waals surface area contributed by atoms with Crippen LogP contribution in [0.1, 0.15) is 19.3 Å². The van der Waals surface area contributed by atoms with Gasteiger partial charge in [-0.3, -0.25) is 0 Å². The highest BCUT2D eigenvalue weighted by atomic mass is 79.9. The van der Waals surface area contributed by atoms with E-state index in [1.54, 1.807) is 6.20 Å². The highest BCUT2D eigenvalue weighted by Crippen LogP contribution is 2.19. The summed E-state index contributed by atoms with van der Waals surface area (Å²) in [6.07, 6.45) is 7.60. The number of halogens is 1. The van der Waals surface area contributed by atoms with Crippen molar-refractivity contribution in [2.24, 2.45) is 0 Å². The lowest BCUT2D eigenvalue weighted by Crippen LogP contribution is -2.07. The van der Waals surface area contributed by atoms with E-state index in [9.17, 15) is 0 Å². The lowest BCUT2D eigenvalue weighted by Gasteiger charge is -2.07. The van der Waals surface area contributed by atoms with Crippen molar-refractivity contribution in [2.45, 2.75) is 19.3 Å². The zero-order valence-corrected chi connectivity index (χ0v) is 12.7. The first-order valence-electron chi connectivity index (χ1n) is 5.71. The fraction of sp³-hybridized carbons (Fsp3) is 0.636. The van der Waals surface area contributed by atoms with Crippen molar-refractivity contribution in [3.05, 3.63) is 10.7 Å². The van der Waals surface area contributed by atoms with Crippen molar-refractivity contribution < 1.29 is 0 Å². The van der Waals surface area contributed by atoms with Gasteiger partial charge in [0.25, 0.3) is 0 Å². The van der Waals surface area contributed by atoms with Crippen molar-refractivity contribution in [3.8, 4) is 0 Å². The Balaban J connectivity index is 2.27. The molecule has 0 fully saturated rings. The molecule has 1 rings (SSSR count). The van der Waals surface area contributed by atoms with Crippen molar-refractivity contribution in [1.82, 2.24) is 9.97 Å². The van der Waals surface area contributed by atoms with Gasteiger partial charge >= 0.3 is 0 Å². The van der Waals surface area contributed by atoms with E-state index in [0.29, 0.717) is 5.95 Å². The molecule has 0 aliphatic heterocycles. The van der Waals surface area contributed by atoms with E-state index in [-0.39, 0.29) is 0 Å². The number of nitrogens with zero attached hydrogens (tertiary/aromatic N) is 2. The second-order valence-corrected chi connectivity index (χ2v) is 5.46. The van der Waals surface area contributed by atoms with Crippen molar-refractivity contribution in [2.75, 3.05) is 36.2 Å². The molecule has 1 aromatic rings. The monoisotopic (exact) mass is 318 g/mol. The number of nitrogens with one attached hydrogen (secondary N) is 2. The third kappa shape index (κ3) is 5.59. The molecule has 0 aromatic carbocycles. The fourth-order valence-corrected chi connectivity index (χ4v) is 2.26. The van der Waals surface area contributed by atoms with Crippen LogP contribution >= 0.6 is 27.7 Å². The minimum Gasteiger partial charge on any atom is -0.372 e. The summed E-state index contributed by atoms with van der Waals surface area (Å²) in [5.74, 6) is 2.74. The van der Waals surface area contributed by atoms with Gasteiger partial charge in [0.15, 0.2) is 0 Å². The molecular weight excluding hydrogens is 300 g/mol. The molecule has 4 nitrogen and oxygen atoms in total. The van der Waals surface area contributed by atoms with E-state index in [0.717, 1.165) is 23.3 Å². The van der Waals surface area contributed by atoms with E-state index in [2.05, 4.69) is 42.8 Å². The maximum atomic E-state index is 4.34. The molecule has 0 aliphatic rings. The third-order valence-electron chi connectivity index (χ3n) is 2.29. The molecule has 0 bridgehead atoms. The number of aromatic nitrogens is 2. The van der Waals surface area contributed by atoms with Crippen LogP contribution < -0.4 is 10.6 Å². The Morgan fingerprint density at radius 2 is 2.18 bits per heavy atom. The number of unbranched alkanes of at least 4 members (excludes halogenated alkanes) is 2. The maximum Gasteiger partial charge on any atom is 0.224 e. The zero-order valence-electron chi connectivity index (χ0n) is 10.3. The minimum atomic E-state index is 0.683. The van der Waals surface area contributed by atoms with Crippen LogP contribution in [0.3, 0.4) is 0 Å². The first-order valence-corrected chi connectivity index (χ1v) is 7.89. The summed E-state index contributed by atoms with van der Waals surface area (Å²) in [6.45, 7) is 0.930. The zero-order chi connectivity index (χ0) is 12.5. The highest BCUT2D eigenvalue weighted by Gasteiger charge is 2.02. The molecule has 0 radical (unpaired) electrons. The number of thioether (sulfide) groups is 1. The molecule has 96 valence electrons. The molecule has 1 heterocycles. The van der Waals surface area contributed by atoms with Gasteiger partial charge in [0.1, 0.15) is 5.82 Å². The van der Waals surface area contributed by atoms with E-state index in [1.165, 1.54) is 18.6 Å². The van der Waals surface area contributed by atoms with Crippen LogP contribution in [0.4, 0.5) is 11.8 Å². The summed E-state index contributed by atoms with van der Waals surface area (Å²) in [5, 5.41) is 6.25. The van der Waals surface area contributed by atoms with Crippen LogP contribution in [0, 0.1) is 0 Å². The molecule has 6 heteroatoms. The third-order valence-corrected chi connectivity index (χ3v) is 3.57. The van der Waals surface area contributed by atoms with Gasteiger partial charge in [-0.2, -0.15) is 16.7 Å². The van der Waals surface area contributed by atoms with Gasteiger partial charge in [0.2, 0.25) is 5.95 Å². The largest absolute Gasteiger partial charge is 0.372 e. The van der Waals surface area contributed by atoms with Gasteiger partial charge in [-0.05, 0) is 40.8 Å². The second-order valence-electron chi connectivity index (χ2n) is 3.62. The molecule has 1 aromatic heterocycles. The van der Waals surface area contributed by atoms with Gasteiger partial charge in [0.05, 0.1) is 4.47 Å². The SMILES string of the molecule is CNc1nc(NCCCCCSC)ncc1Br. The molecule has 17 heavy (non-hydrogen) atoms. The van der Waals surface area contributed by atoms with Crippen LogP contribution in [0.5, 0.6) is 0 Å². The molecular formula is C11H19BrN4S. The molecule has 0 saturated heterocycles. The van der Waals surface area contributed by atoms with Gasteiger partial charge in [-0.1, -0.05) is 6.42 Å². The molecule has 0 spiro atoms. The Labute approximate surface area is 116 Å². The number of anilines is 2. The van der Waals surface area contributed by atoms with Gasteiger partial charge in [0, 0.05) is 19.8 Å². The predicted molar refractivity (Wildman–Crippen MR) is 80.0 cm³/mol. The number of hydrogen-bond acceptors (Lipinski definition) is 5. The summed E-state index contributed by atoms with van der Waals surface area (Å²) in [4.78, 5) is 8.55. The predicted octanol–water partition coefficient (Wildman–Crippen LogP) is 3.23. The standard InChI is InChI=1S/C11H19BrN4S/c1-13-10-9(12)8-15-11(16-10)14-6-4-3-5-7-17-2/h8H,3-7H2,1-2H3,(H2,13,14,15,16). The van der Waals surface area contributed by atoms with Gasteiger partial charge in [-0.25, -0.2) is 4.98 Å². The van der Waals surface area contributed by atoms with E-state index in [4.69, 9.17) is 0 Å². The highest BCUT2D eigenvalue weighted by molar-refractivity contribution is 9.10. The van der Waals surface area contributed by atoms with Crippen molar-refractivity contribution in [1.29, 1.82) is 0 Å². The second kappa shape index (κ2) is 8.58. The fourth-order valence-electron chi connectivity index (χ4n) is 1.38. The first kappa shape index (κ1) is 14.6. The normalized spacial score (nSPS) is 10.3. The molecule has 0 saturated carbocycles. The minimum absolute atomic E-state index is 0.683. The quantitative estimate of drug-likeness (QED) is 0.721. The number of rotatable bonds is 8. The molecule has 0 aliphatic carbocycles. The molecule has 2 N–H and O–H groups in total. The van der Waals surface area contributed by atoms with Crippen LogP contribution in [-0.4, -0.2) is 35.6 Å². The van der Waals surface area contributed by atoms with Crippen LogP contribution in [0.15, 0.2) is 10.7 Å². The van der Waals surface area contributed by atoms with Gasteiger partial charge < -0.3 is 10.6 Å². The number of hydrogen-bond donors (Lipinski definition) is 2. The first-order chi connectivity index (χ1) is 8.27. The topological polar surface area (TPSA) is 49.8 Å². The van der Waals surface area contributed by atoms with Crippen molar-refractivity contribution in [3.63, 3.8) is 0 Å². The van der Waals surface area contributed by atoms with E-state index < -0.39 is 0 Å². The Morgan fingerprint density at radius 3 is 2.88 bits per heavy atom. The van der Waals surface area contributed by atoms with Crippen LogP contribution in [0.25, 0.3) is 0 Å². The summed E-state index contributed by atoms with van der Waals surface area (Å²) < 4.78 is 0.880. The average molecular weight is 319 g/mol. The molecule has 0 atom stereocenters. The van der Waals surface area contributed by atoms with E-state index in [1.807, 2.05) is 18.8 Å². The van der Waals surface area contributed by atoms with Crippen molar-refractivity contribution >= 4 is 39.5 Å². The average Bonchev–Trinajstić information content (AvgIpc) is 2.35. The summed E-state index contributed by atoms with van der Waals surface area (Å²) >= 11 is 5.29. The summed E-state index contributed by atoms with van der Waals surface area (Å²) in [5.41, 5.74) is 0. The Kier molecular flexibility index (Phi) is 7.35. The summed E-state index contributed by atoms with van der Waals surface area (Å²) in [7, 11) is 1.85. The van der Waals surface area contributed by atoms with Crippen LogP contribution in [0.2, 0.25) is 0 Å². The smallest absolute Gasteiger partial charge is 0.224 e. The summed E-state index contributed by atoms with van der Waals surface area (Å²) in [6, 6.07) is 0. The van der Waals surface area contributed by atoms with Gasteiger partial charge in [-0.15, -0.1) is 0 Å². The maximum absolute atomic E-state index is 4.34. The van der Waals surface area contributed by atoms with E-state index >= 15 is 0 Å². The lowest BCUT2D eigenvalue weighted by molar-refractivity contribution is 0.746. The molecule has 0 unspecified atom stereocenters. The Bertz CT molecular complexity index is 335. The van der Waals surface area contributed by atoms with Crippen LogP contribution in [-0.2, 0) is 0 Å². The Hall–Kier alpha value is -0.490.